The molecule has 0 heterocycles. The van der Waals surface area contributed by atoms with Crippen LogP contribution in [0.15, 0.2) is 23.4 Å². The molecule has 1 aromatic rings. The van der Waals surface area contributed by atoms with Gasteiger partial charge in [0.1, 0.15) is 0 Å². The summed E-state index contributed by atoms with van der Waals surface area (Å²) < 4.78 is 6.00. The van der Waals surface area contributed by atoms with Gasteiger partial charge in [0.15, 0.2) is 5.84 Å². The maximum absolute atomic E-state index is 8.66. The van der Waals surface area contributed by atoms with Crippen molar-refractivity contribution in [3.63, 3.8) is 0 Å². The van der Waals surface area contributed by atoms with Crippen LogP contribution in [-0.2, 0) is 11.3 Å². The summed E-state index contributed by atoms with van der Waals surface area (Å²) in [6.07, 6.45) is 3.77. The Balaban J connectivity index is 1.95. The molecule has 4 nitrogen and oxygen atoms in total. The summed E-state index contributed by atoms with van der Waals surface area (Å²) in [6.45, 7) is 5.10. The van der Waals surface area contributed by atoms with Gasteiger partial charge in [-0.3, -0.25) is 0 Å². The van der Waals surface area contributed by atoms with E-state index in [4.69, 9.17) is 27.3 Å². The lowest BCUT2D eigenvalue weighted by Crippen LogP contribution is -2.26. The first-order chi connectivity index (χ1) is 10.0. The number of halogens is 1. The first kappa shape index (κ1) is 16.1. The van der Waals surface area contributed by atoms with Gasteiger partial charge in [-0.25, -0.2) is 0 Å². The fraction of sp³-hybridized carbons (Fsp3) is 0.562. The highest BCUT2D eigenvalue weighted by Gasteiger charge is 2.25. The molecule has 3 N–H and O–H groups in total. The summed E-state index contributed by atoms with van der Waals surface area (Å²) in [5.74, 6) is 1.55. The van der Waals surface area contributed by atoms with Crippen molar-refractivity contribution in [2.45, 2.75) is 45.8 Å². The molecule has 1 fully saturated rings. The van der Waals surface area contributed by atoms with Gasteiger partial charge in [-0.05, 0) is 42.7 Å². The standard InChI is InChI=1S/C16H23ClN2O2/c1-10-3-6-14(7-11(10)2)21-9-13-5-4-12(8-15(13)17)16(18)19-20/h4-5,8,10-11,14,20H,3,6-7,9H2,1-2H3,(H2,18,19). The van der Waals surface area contributed by atoms with E-state index in [1.807, 2.05) is 6.07 Å². The van der Waals surface area contributed by atoms with Gasteiger partial charge in [-0.1, -0.05) is 42.7 Å². The molecule has 1 saturated carbocycles. The van der Waals surface area contributed by atoms with E-state index >= 15 is 0 Å². The summed E-state index contributed by atoms with van der Waals surface area (Å²) in [6, 6.07) is 5.34. The van der Waals surface area contributed by atoms with Crippen LogP contribution in [0.2, 0.25) is 5.02 Å². The fourth-order valence-corrected chi connectivity index (χ4v) is 2.97. The largest absolute Gasteiger partial charge is 0.409 e. The van der Waals surface area contributed by atoms with Crippen molar-refractivity contribution in [1.82, 2.24) is 0 Å². The monoisotopic (exact) mass is 310 g/mol. The molecular weight excluding hydrogens is 288 g/mol. The van der Waals surface area contributed by atoms with Crippen LogP contribution in [0.5, 0.6) is 0 Å². The van der Waals surface area contributed by atoms with Crippen molar-refractivity contribution in [1.29, 1.82) is 0 Å². The van der Waals surface area contributed by atoms with Gasteiger partial charge in [0, 0.05) is 10.6 Å². The minimum absolute atomic E-state index is 0.0551. The first-order valence-electron chi connectivity index (χ1n) is 7.39. The highest BCUT2D eigenvalue weighted by atomic mass is 35.5. The number of hydrogen-bond donors (Lipinski definition) is 2. The summed E-state index contributed by atoms with van der Waals surface area (Å²) in [4.78, 5) is 0. The number of oxime groups is 1. The average Bonchev–Trinajstić information content (AvgIpc) is 2.48. The first-order valence-corrected chi connectivity index (χ1v) is 7.77. The molecule has 5 heteroatoms. The van der Waals surface area contributed by atoms with Crippen LogP contribution in [-0.4, -0.2) is 17.1 Å². The zero-order valence-corrected chi connectivity index (χ0v) is 13.3. The highest BCUT2D eigenvalue weighted by Crippen LogP contribution is 2.31. The maximum atomic E-state index is 8.66. The molecule has 0 aliphatic heterocycles. The topological polar surface area (TPSA) is 67.8 Å². The predicted octanol–water partition coefficient (Wildman–Crippen LogP) is 3.78. The summed E-state index contributed by atoms with van der Waals surface area (Å²) >= 11 is 6.23. The number of nitrogens with zero attached hydrogens (tertiary/aromatic N) is 1. The van der Waals surface area contributed by atoms with Crippen molar-refractivity contribution >= 4 is 17.4 Å². The lowest BCUT2D eigenvalue weighted by Gasteiger charge is -2.32. The van der Waals surface area contributed by atoms with Gasteiger partial charge in [-0.15, -0.1) is 0 Å². The summed E-state index contributed by atoms with van der Waals surface area (Å²) in [7, 11) is 0. The zero-order chi connectivity index (χ0) is 15.4. The minimum Gasteiger partial charge on any atom is -0.409 e. The van der Waals surface area contributed by atoms with Crippen LogP contribution < -0.4 is 5.73 Å². The van der Waals surface area contributed by atoms with Gasteiger partial charge in [0.2, 0.25) is 0 Å². The Hall–Kier alpha value is -1.26. The predicted molar refractivity (Wildman–Crippen MR) is 84.7 cm³/mol. The number of hydrogen-bond acceptors (Lipinski definition) is 3. The van der Waals surface area contributed by atoms with Gasteiger partial charge in [0.25, 0.3) is 0 Å². The number of ether oxygens (including phenoxy) is 1. The van der Waals surface area contributed by atoms with Crippen molar-refractivity contribution in [2.75, 3.05) is 0 Å². The van der Waals surface area contributed by atoms with Crippen molar-refractivity contribution in [3.05, 3.63) is 34.3 Å². The van der Waals surface area contributed by atoms with E-state index in [0.29, 0.717) is 29.2 Å². The second-order valence-electron chi connectivity index (χ2n) is 5.99. The molecule has 0 saturated heterocycles. The molecule has 0 radical (unpaired) electrons. The molecule has 116 valence electrons. The molecule has 21 heavy (non-hydrogen) atoms. The molecule has 1 aliphatic rings. The smallest absolute Gasteiger partial charge is 0.170 e. The fourth-order valence-electron chi connectivity index (χ4n) is 2.74. The number of rotatable bonds is 4. The second kappa shape index (κ2) is 7.14. The Bertz CT molecular complexity index is 519. The Morgan fingerprint density at radius 3 is 2.76 bits per heavy atom. The molecule has 0 aromatic heterocycles. The molecule has 3 atom stereocenters. The summed E-state index contributed by atoms with van der Waals surface area (Å²) in [5.41, 5.74) is 7.07. The maximum Gasteiger partial charge on any atom is 0.170 e. The Morgan fingerprint density at radius 2 is 2.14 bits per heavy atom. The van der Waals surface area contributed by atoms with E-state index in [9.17, 15) is 0 Å². The third-order valence-electron chi connectivity index (χ3n) is 4.48. The lowest BCUT2D eigenvalue weighted by molar-refractivity contribution is -0.00741. The van der Waals surface area contributed by atoms with Crippen LogP contribution >= 0.6 is 11.6 Å². The van der Waals surface area contributed by atoms with Gasteiger partial charge in [-0.2, -0.15) is 0 Å². The Morgan fingerprint density at radius 1 is 1.38 bits per heavy atom. The van der Waals surface area contributed by atoms with Crippen LogP contribution in [0.4, 0.5) is 0 Å². The van der Waals surface area contributed by atoms with Crippen LogP contribution in [0.3, 0.4) is 0 Å². The molecule has 0 spiro atoms. The number of nitrogens with two attached hydrogens (primary N) is 1. The molecule has 0 bridgehead atoms. The molecule has 3 unspecified atom stereocenters. The van der Waals surface area contributed by atoms with Crippen LogP contribution in [0, 0.1) is 11.8 Å². The van der Waals surface area contributed by atoms with E-state index in [-0.39, 0.29) is 5.84 Å². The quantitative estimate of drug-likeness (QED) is 0.385. The van der Waals surface area contributed by atoms with Crippen molar-refractivity contribution in [3.8, 4) is 0 Å². The van der Waals surface area contributed by atoms with Gasteiger partial charge >= 0.3 is 0 Å². The minimum atomic E-state index is 0.0551. The van der Waals surface area contributed by atoms with Crippen LogP contribution in [0.25, 0.3) is 0 Å². The van der Waals surface area contributed by atoms with Crippen molar-refractivity contribution < 1.29 is 9.94 Å². The molecule has 1 aromatic carbocycles. The third kappa shape index (κ3) is 4.11. The second-order valence-corrected chi connectivity index (χ2v) is 6.40. The van der Waals surface area contributed by atoms with E-state index in [0.717, 1.165) is 24.3 Å². The molecule has 2 rings (SSSR count). The van der Waals surface area contributed by atoms with E-state index in [2.05, 4.69) is 19.0 Å². The van der Waals surface area contributed by atoms with Gasteiger partial charge in [0.05, 0.1) is 12.7 Å². The molecular formula is C16H23ClN2O2. The normalized spacial score (nSPS) is 26.8. The average molecular weight is 311 g/mol. The molecule has 0 amide bonds. The number of benzene rings is 1. The number of amidine groups is 1. The Kier molecular flexibility index (Phi) is 5.48. The van der Waals surface area contributed by atoms with E-state index in [1.54, 1.807) is 12.1 Å². The van der Waals surface area contributed by atoms with E-state index < -0.39 is 0 Å². The van der Waals surface area contributed by atoms with Crippen LogP contribution in [0.1, 0.15) is 44.2 Å². The van der Waals surface area contributed by atoms with Gasteiger partial charge < -0.3 is 15.7 Å². The van der Waals surface area contributed by atoms with Crippen molar-refractivity contribution in [2.24, 2.45) is 22.7 Å². The SMILES string of the molecule is CC1CCC(OCc2ccc(/C(N)=N/O)cc2Cl)CC1C. The Labute approximate surface area is 130 Å². The highest BCUT2D eigenvalue weighted by molar-refractivity contribution is 6.31. The zero-order valence-electron chi connectivity index (χ0n) is 12.6. The summed E-state index contributed by atoms with van der Waals surface area (Å²) in [5, 5.41) is 12.2. The third-order valence-corrected chi connectivity index (χ3v) is 4.83. The lowest BCUT2D eigenvalue weighted by atomic mass is 9.80. The molecule has 1 aliphatic carbocycles. The van der Waals surface area contributed by atoms with E-state index in [1.165, 1.54) is 6.42 Å².